The Bertz CT molecular complexity index is 767. The van der Waals surface area contributed by atoms with Crippen molar-refractivity contribution in [2.75, 3.05) is 0 Å². The summed E-state index contributed by atoms with van der Waals surface area (Å²) in [5, 5.41) is 0. The van der Waals surface area contributed by atoms with Gasteiger partial charge in [0.25, 0.3) is 0 Å². The molecule has 0 amide bonds. The molecule has 3 rings (SSSR count). The summed E-state index contributed by atoms with van der Waals surface area (Å²) >= 11 is 9.59. The molecular formula is C15H13BrClN3. The second-order valence-electron chi connectivity index (χ2n) is 4.49. The fourth-order valence-corrected chi connectivity index (χ4v) is 2.98. The van der Waals surface area contributed by atoms with E-state index < -0.39 is 0 Å². The molecule has 0 atom stereocenters. The normalized spacial score (nSPS) is 11.2. The highest BCUT2D eigenvalue weighted by molar-refractivity contribution is 9.10. The van der Waals surface area contributed by atoms with Gasteiger partial charge >= 0.3 is 0 Å². The molecule has 0 spiro atoms. The smallest absolute Gasteiger partial charge is 0.129 e. The molecule has 0 N–H and O–H groups in total. The van der Waals surface area contributed by atoms with Gasteiger partial charge in [0.15, 0.2) is 0 Å². The molecule has 0 saturated carbocycles. The zero-order valence-corrected chi connectivity index (χ0v) is 13.3. The summed E-state index contributed by atoms with van der Waals surface area (Å²) in [5.41, 5.74) is 4.28. The molecule has 20 heavy (non-hydrogen) atoms. The summed E-state index contributed by atoms with van der Waals surface area (Å²) in [7, 11) is 0. The Hall–Kier alpha value is -1.39. The second kappa shape index (κ2) is 5.54. The van der Waals surface area contributed by atoms with Gasteiger partial charge in [-0.2, -0.15) is 0 Å². The molecule has 0 aliphatic rings. The number of aryl methyl sites for hydroxylation is 1. The Labute approximate surface area is 130 Å². The maximum atomic E-state index is 6.07. The number of nitrogens with zero attached hydrogens (tertiary/aromatic N) is 3. The van der Waals surface area contributed by atoms with E-state index in [2.05, 4.69) is 49.5 Å². The molecule has 0 aliphatic heterocycles. The Kier molecular flexibility index (Phi) is 3.76. The molecule has 3 aromatic rings. The SMILES string of the molecule is CCc1cc(Br)ccc1-n1c(CCl)nc2cnccc21. The van der Waals surface area contributed by atoms with Gasteiger partial charge in [-0.15, -0.1) is 11.6 Å². The standard InChI is InChI=1S/C15H13BrClN3/c1-2-10-7-11(16)3-4-13(10)20-14-5-6-18-9-12(14)19-15(20)8-17/h3-7,9H,2,8H2,1H3. The fraction of sp³-hybridized carbons (Fsp3) is 0.200. The zero-order valence-electron chi connectivity index (χ0n) is 11.0. The molecule has 1 aromatic carbocycles. The number of rotatable bonds is 3. The summed E-state index contributed by atoms with van der Waals surface area (Å²) in [5.74, 6) is 1.21. The molecule has 2 heterocycles. The van der Waals surface area contributed by atoms with Gasteiger partial charge in [0, 0.05) is 10.7 Å². The van der Waals surface area contributed by atoms with Gasteiger partial charge in [-0.1, -0.05) is 22.9 Å². The lowest BCUT2D eigenvalue weighted by molar-refractivity contribution is 0.954. The van der Waals surface area contributed by atoms with E-state index in [-0.39, 0.29) is 0 Å². The molecule has 0 fully saturated rings. The van der Waals surface area contributed by atoms with Crippen molar-refractivity contribution in [3.05, 3.63) is 52.5 Å². The molecule has 3 nitrogen and oxygen atoms in total. The van der Waals surface area contributed by atoms with E-state index in [0.717, 1.165) is 33.4 Å². The molecule has 5 heteroatoms. The van der Waals surface area contributed by atoms with Crippen molar-refractivity contribution in [3.63, 3.8) is 0 Å². The average Bonchev–Trinajstić information content (AvgIpc) is 2.85. The fourth-order valence-electron chi connectivity index (χ4n) is 2.40. The van der Waals surface area contributed by atoms with Crippen LogP contribution in [0, 0.1) is 0 Å². The van der Waals surface area contributed by atoms with Crippen LogP contribution in [0.15, 0.2) is 41.1 Å². The highest BCUT2D eigenvalue weighted by atomic mass is 79.9. The highest BCUT2D eigenvalue weighted by Gasteiger charge is 2.14. The van der Waals surface area contributed by atoms with Crippen molar-refractivity contribution in [2.45, 2.75) is 19.2 Å². The number of halogens is 2. The van der Waals surface area contributed by atoms with Gasteiger partial charge in [-0.05, 0) is 36.2 Å². The Morgan fingerprint density at radius 1 is 1.30 bits per heavy atom. The van der Waals surface area contributed by atoms with Crippen LogP contribution < -0.4 is 0 Å². The number of fused-ring (bicyclic) bond motifs is 1. The first-order valence-corrected chi connectivity index (χ1v) is 7.73. The van der Waals surface area contributed by atoms with Gasteiger partial charge < -0.3 is 0 Å². The first-order chi connectivity index (χ1) is 9.74. The van der Waals surface area contributed by atoms with E-state index in [0.29, 0.717) is 5.88 Å². The van der Waals surface area contributed by atoms with Crippen LogP contribution in [-0.4, -0.2) is 14.5 Å². The number of hydrogen-bond acceptors (Lipinski definition) is 2. The van der Waals surface area contributed by atoms with E-state index in [1.165, 1.54) is 5.56 Å². The van der Waals surface area contributed by atoms with Crippen LogP contribution in [0.2, 0.25) is 0 Å². The lowest BCUT2D eigenvalue weighted by Crippen LogP contribution is -2.03. The van der Waals surface area contributed by atoms with E-state index in [1.807, 2.05) is 12.1 Å². The minimum Gasteiger partial charge on any atom is -0.295 e. The Morgan fingerprint density at radius 2 is 2.15 bits per heavy atom. The van der Waals surface area contributed by atoms with Crippen LogP contribution in [0.4, 0.5) is 0 Å². The molecule has 0 unspecified atom stereocenters. The third-order valence-corrected chi connectivity index (χ3v) is 4.04. The number of pyridine rings is 1. The van der Waals surface area contributed by atoms with Gasteiger partial charge in [-0.25, -0.2) is 4.98 Å². The van der Waals surface area contributed by atoms with Crippen molar-refractivity contribution < 1.29 is 0 Å². The lowest BCUT2D eigenvalue weighted by Gasteiger charge is -2.13. The number of imidazole rings is 1. The maximum absolute atomic E-state index is 6.07. The maximum Gasteiger partial charge on any atom is 0.129 e. The Balaban J connectivity index is 2.33. The van der Waals surface area contributed by atoms with Crippen LogP contribution in [0.3, 0.4) is 0 Å². The summed E-state index contributed by atoms with van der Waals surface area (Å²) in [6.07, 6.45) is 4.50. The van der Waals surface area contributed by atoms with Gasteiger partial charge in [-0.3, -0.25) is 9.55 Å². The van der Waals surface area contributed by atoms with E-state index >= 15 is 0 Å². The van der Waals surface area contributed by atoms with Crippen molar-refractivity contribution in [2.24, 2.45) is 0 Å². The number of hydrogen-bond donors (Lipinski definition) is 0. The second-order valence-corrected chi connectivity index (χ2v) is 5.67. The van der Waals surface area contributed by atoms with Crippen LogP contribution in [0.5, 0.6) is 0 Å². The zero-order chi connectivity index (χ0) is 14.1. The monoisotopic (exact) mass is 349 g/mol. The molecule has 0 bridgehead atoms. The van der Waals surface area contributed by atoms with Crippen LogP contribution in [0.1, 0.15) is 18.3 Å². The topological polar surface area (TPSA) is 30.7 Å². The number of alkyl halides is 1. The predicted molar refractivity (Wildman–Crippen MR) is 85.5 cm³/mol. The van der Waals surface area contributed by atoms with Crippen LogP contribution in [-0.2, 0) is 12.3 Å². The van der Waals surface area contributed by atoms with Crippen molar-refractivity contribution in [1.82, 2.24) is 14.5 Å². The summed E-state index contributed by atoms with van der Waals surface area (Å²) in [6, 6.07) is 8.25. The minimum absolute atomic E-state index is 0.369. The highest BCUT2D eigenvalue weighted by Crippen LogP contribution is 2.27. The summed E-state index contributed by atoms with van der Waals surface area (Å²) in [6.45, 7) is 2.15. The molecule has 0 radical (unpaired) electrons. The van der Waals surface area contributed by atoms with Gasteiger partial charge in [0.05, 0.1) is 23.3 Å². The number of benzene rings is 1. The third-order valence-electron chi connectivity index (χ3n) is 3.31. The molecule has 102 valence electrons. The van der Waals surface area contributed by atoms with E-state index in [9.17, 15) is 0 Å². The first-order valence-electron chi connectivity index (χ1n) is 6.40. The first kappa shape index (κ1) is 13.6. The minimum atomic E-state index is 0.369. The molecule has 0 aliphatic carbocycles. The van der Waals surface area contributed by atoms with Crippen molar-refractivity contribution >= 4 is 38.6 Å². The molecule has 0 saturated heterocycles. The largest absolute Gasteiger partial charge is 0.295 e. The summed E-state index contributed by atoms with van der Waals surface area (Å²) < 4.78 is 3.20. The number of aromatic nitrogens is 3. The van der Waals surface area contributed by atoms with Crippen LogP contribution in [0.25, 0.3) is 16.7 Å². The van der Waals surface area contributed by atoms with E-state index in [1.54, 1.807) is 12.4 Å². The lowest BCUT2D eigenvalue weighted by atomic mass is 10.1. The third kappa shape index (κ3) is 2.23. The van der Waals surface area contributed by atoms with Gasteiger partial charge in [0.2, 0.25) is 0 Å². The Morgan fingerprint density at radius 3 is 2.90 bits per heavy atom. The van der Waals surface area contributed by atoms with Crippen molar-refractivity contribution in [3.8, 4) is 5.69 Å². The van der Waals surface area contributed by atoms with E-state index in [4.69, 9.17) is 11.6 Å². The predicted octanol–water partition coefficient (Wildman–Crippen LogP) is 4.48. The molecular weight excluding hydrogens is 338 g/mol. The van der Waals surface area contributed by atoms with Crippen LogP contribution >= 0.6 is 27.5 Å². The van der Waals surface area contributed by atoms with Crippen molar-refractivity contribution in [1.29, 1.82) is 0 Å². The summed E-state index contributed by atoms with van der Waals surface area (Å²) in [4.78, 5) is 8.69. The van der Waals surface area contributed by atoms with Gasteiger partial charge in [0.1, 0.15) is 11.3 Å². The molecule has 2 aromatic heterocycles. The quantitative estimate of drug-likeness (QED) is 0.652. The average molecular weight is 351 g/mol.